The van der Waals surface area contributed by atoms with Crippen LogP contribution in [0.2, 0.25) is 0 Å². The number of fused-ring (bicyclic) bond motifs is 1. The SMILES string of the molecule is N[N+]12C=CN=CC1=C(C1CCNC(C(=O)O)C1)N=C2c1ccc(C(=O)Nc2cc(C(F)(F)F)ccn2)cc1. The molecule has 0 saturated carbocycles. The second-order valence-electron chi connectivity index (χ2n) is 9.08. The van der Waals surface area contributed by atoms with Gasteiger partial charge in [0.15, 0.2) is 0 Å². The number of carboxylic acids is 1. The molecule has 196 valence electrons. The number of carbonyl (C=O) groups is 2. The maximum Gasteiger partial charge on any atom is 0.416 e. The molecule has 3 aliphatic heterocycles. The van der Waals surface area contributed by atoms with E-state index in [1.54, 1.807) is 30.7 Å². The number of carboxylic acid groups (broad SMARTS) is 1. The third-order valence-corrected chi connectivity index (χ3v) is 6.65. The maximum atomic E-state index is 13.0. The summed E-state index contributed by atoms with van der Waals surface area (Å²) in [4.78, 5) is 37.0. The van der Waals surface area contributed by atoms with E-state index in [1.165, 1.54) is 12.1 Å². The van der Waals surface area contributed by atoms with E-state index in [-0.39, 0.29) is 21.9 Å². The molecule has 1 aromatic heterocycles. The standard InChI is InChI=1S/C25H22F3N7O3/c26-25(27,28)17-6-8-32-20(12-17)33-23(36)15-3-1-14(2-4-15)22-34-21(19-13-30-9-10-35(19,22)29)16-5-7-31-18(11-16)24(37)38/h1-4,6,8-10,12-13,16,18,31H,5,7,11,29H2,(H-,32,33,36,37,38)/p+1. The van der Waals surface area contributed by atoms with Crippen LogP contribution in [0.15, 0.2) is 76.4 Å². The van der Waals surface area contributed by atoms with Crippen LogP contribution in [0.5, 0.6) is 0 Å². The smallest absolute Gasteiger partial charge is 0.416 e. The Morgan fingerprint density at radius 1 is 1.18 bits per heavy atom. The van der Waals surface area contributed by atoms with Gasteiger partial charge in [-0.05, 0) is 55.8 Å². The zero-order valence-electron chi connectivity index (χ0n) is 19.8. The average Bonchev–Trinajstić information content (AvgIpc) is 3.21. The number of nitrogens with one attached hydrogen (secondary N) is 2. The number of halogens is 3. The Kier molecular flexibility index (Phi) is 6.42. The maximum absolute atomic E-state index is 13.0. The average molecular weight is 526 g/mol. The molecule has 0 spiro atoms. The van der Waals surface area contributed by atoms with E-state index < -0.39 is 29.7 Å². The number of piperidine rings is 1. The fraction of sp³-hybridized carbons (Fsp3) is 0.240. The first-order valence-electron chi connectivity index (χ1n) is 11.7. The number of pyridine rings is 1. The molecule has 3 atom stereocenters. The number of hydrogen-bond donors (Lipinski definition) is 4. The molecule has 13 heteroatoms. The van der Waals surface area contributed by atoms with E-state index in [2.05, 4.69) is 20.6 Å². The molecule has 1 aromatic carbocycles. The van der Waals surface area contributed by atoms with Crippen LogP contribution in [-0.4, -0.2) is 51.2 Å². The van der Waals surface area contributed by atoms with Crippen molar-refractivity contribution in [2.75, 3.05) is 11.9 Å². The molecule has 5 N–H and O–H groups in total. The first kappa shape index (κ1) is 25.4. The summed E-state index contributed by atoms with van der Waals surface area (Å²) >= 11 is 0. The molecule has 0 radical (unpaired) electrons. The molecule has 0 aliphatic carbocycles. The topological polar surface area (TPSA) is 142 Å². The summed E-state index contributed by atoms with van der Waals surface area (Å²) < 4.78 is 38.6. The van der Waals surface area contributed by atoms with Crippen molar-refractivity contribution >= 4 is 29.7 Å². The van der Waals surface area contributed by atoms with Gasteiger partial charge in [0, 0.05) is 17.7 Å². The number of anilines is 1. The van der Waals surface area contributed by atoms with E-state index in [0.29, 0.717) is 42.2 Å². The van der Waals surface area contributed by atoms with Crippen molar-refractivity contribution < 1.29 is 32.5 Å². The minimum Gasteiger partial charge on any atom is -0.480 e. The number of aliphatic imine (C=N–C) groups is 2. The van der Waals surface area contributed by atoms with Crippen LogP contribution < -0.4 is 16.5 Å². The lowest BCUT2D eigenvalue weighted by molar-refractivity contribution is -0.750. The van der Waals surface area contributed by atoms with Gasteiger partial charge in [0.1, 0.15) is 23.8 Å². The fourth-order valence-electron chi connectivity index (χ4n) is 4.69. The largest absolute Gasteiger partial charge is 0.480 e. The molecule has 10 nitrogen and oxygen atoms in total. The van der Waals surface area contributed by atoms with Crippen molar-refractivity contribution in [1.82, 2.24) is 10.3 Å². The van der Waals surface area contributed by atoms with Crippen molar-refractivity contribution in [3.63, 3.8) is 0 Å². The number of carbonyl (C=O) groups excluding carboxylic acids is 1. The van der Waals surface area contributed by atoms with Crippen LogP contribution in [0.1, 0.15) is 34.3 Å². The van der Waals surface area contributed by atoms with E-state index in [4.69, 9.17) is 10.8 Å². The summed E-state index contributed by atoms with van der Waals surface area (Å²) in [5, 5.41) is 14.8. The fourth-order valence-corrected chi connectivity index (χ4v) is 4.69. The van der Waals surface area contributed by atoms with Crippen LogP contribution in [0.25, 0.3) is 0 Å². The molecule has 2 aromatic rings. The first-order valence-corrected chi connectivity index (χ1v) is 11.7. The molecule has 5 rings (SSSR count). The van der Waals surface area contributed by atoms with Gasteiger partial charge in [-0.3, -0.25) is 14.6 Å². The number of benzene rings is 1. The minimum absolute atomic E-state index is 0.145. The first-order chi connectivity index (χ1) is 18.1. The number of aliphatic carboxylic acids is 1. The van der Waals surface area contributed by atoms with E-state index in [0.717, 1.165) is 18.3 Å². The van der Waals surface area contributed by atoms with Gasteiger partial charge in [0.2, 0.25) is 5.70 Å². The highest BCUT2D eigenvalue weighted by Crippen LogP contribution is 2.38. The van der Waals surface area contributed by atoms with Gasteiger partial charge in [0.25, 0.3) is 11.7 Å². The van der Waals surface area contributed by atoms with Crippen molar-refractivity contribution in [2.45, 2.75) is 25.1 Å². The summed E-state index contributed by atoms with van der Waals surface area (Å²) in [6, 6.07) is 7.19. The Morgan fingerprint density at radius 3 is 2.66 bits per heavy atom. The quantitative estimate of drug-likeness (QED) is 0.349. The van der Waals surface area contributed by atoms with Crippen molar-refractivity contribution in [3.05, 3.63) is 83.1 Å². The highest BCUT2D eigenvalue weighted by Gasteiger charge is 2.46. The molecular weight excluding hydrogens is 503 g/mol. The summed E-state index contributed by atoms with van der Waals surface area (Å²) in [5.74, 6) is 5.28. The van der Waals surface area contributed by atoms with Gasteiger partial charge in [-0.2, -0.15) is 24.0 Å². The Morgan fingerprint density at radius 2 is 1.95 bits per heavy atom. The van der Waals surface area contributed by atoms with Crippen molar-refractivity contribution in [3.8, 4) is 0 Å². The number of amides is 1. The normalized spacial score (nSPS) is 24.7. The number of allylic oxidation sites excluding steroid dienone is 2. The van der Waals surface area contributed by atoms with Gasteiger partial charge < -0.3 is 15.7 Å². The van der Waals surface area contributed by atoms with Crippen LogP contribution in [-0.2, 0) is 11.0 Å². The highest BCUT2D eigenvalue weighted by molar-refractivity contribution is 6.05. The Bertz CT molecular complexity index is 1420. The lowest BCUT2D eigenvalue weighted by Gasteiger charge is -2.29. The number of alkyl halides is 3. The van der Waals surface area contributed by atoms with Crippen LogP contribution >= 0.6 is 0 Å². The summed E-state index contributed by atoms with van der Waals surface area (Å²) in [6.45, 7) is 0.519. The highest BCUT2D eigenvalue weighted by atomic mass is 19.4. The number of amidine groups is 1. The molecule has 1 saturated heterocycles. The number of hydrogen-bond acceptors (Lipinski definition) is 7. The lowest BCUT2D eigenvalue weighted by Crippen LogP contribution is -2.53. The number of rotatable bonds is 5. The van der Waals surface area contributed by atoms with Crippen LogP contribution in [0, 0.1) is 5.92 Å². The lowest BCUT2D eigenvalue weighted by atomic mass is 9.89. The van der Waals surface area contributed by atoms with Gasteiger partial charge in [0.05, 0.1) is 23.5 Å². The zero-order chi connectivity index (χ0) is 27.1. The molecule has 4 heterocycles. The predicted molar refractivity (Wildman–Crippen MR) is 131 cm³/mol. The Hall–Kier alpha value is -4.20. The third-order valence-electron chi connectivity index (χ3n) is 6.65. The van der Waals surface area contributed by atoms with E-state index in [1.807, 2.05) is 0 Å². The molecule has 3 unspecified atom stereocenters. The molecule has 0 bridgehead atoms. The third kappa shape index (κ3) is 4.74. The zero-order valence-corrected chi connectivity index (χ0v) is 19.8. The second kappa shape index (κ2) is 9.59. The molecular formula is C25H23F3N7O3+. The van der Waals surface area contributed by atoms with E-state index >= 15 is 0 Å². The summed E-state index contributed by atoms with van der Waals surface area (Å²) in [6.07, 6.45) is 2.28. The molecule has 1 amide bonds. The minimum atomic E-state index is -4.56. The number of quaternary nitrogens is 1. The molecule has 38 heavy (non-hydrogen) atoms. The number of aromatic nitrogens is 1. The van der Waals surface area contributed by atoms with Gasteiger partial charge in [-0.1, -0.05) is 0 Å². The Labute approximate surface area is 214 Å². The Balaban J connectivity index is 1.39. The van der Waals surface area contributed by atoms with Crippen LogP contribution in [0.4, 0.5) is 19.0 Å². The molecule has 3 aliphatic rings. The van der Waals surface area contributed by atoms with Crippen molar-refractivity contribution in [2.24, 2.45) is 21.7 Å². The van der Waals surface area contributed by atoms with Gasteiger partial charge >= 0.3 is 12.1 Å². The summed E-state index contributed by atoms with van der Waals surface area (Å²) in [5.41, 5.74) is 1.19. The predicted octanol–water partition coefficient (Wildman–Crippen LogP) is 3.02. The van der Waals surface area contributed by atoms with E-state index in [9.17, 15) is 27.9 Å². The number of nitrogens with zero attached hydrogens (tertiary/aromatic N) is 4. The second-order valence-corrected chi connectivity index (χ2v) is 9.08. The monoisotopic (exact) mass is 526 g/mol. The van der Waals surface area contributed by atoms with Crippen molar-refractivity contribution in [1.29, 1.82) is 0 Å². The van der Waals surface area contributed by atoms with Crippen LogP contribution in [0.3, 0.4) is 0 Å². The van der Waals surface area contributed by atoms with Gasteiger partial charge in [-0.15, -0.1) is 4.59 Å². The summed E-state index contributed by atoms with van der Waals surface area (Å²) in [7, 11) is 0. The molecule has 1 fully saturated rings. The number of nitrogens with two attached hydrogens (primary N) is 1. The van der Waals surface area contributed by atoms with Gasteiger partial charge in [-0.25, -0.2) is 4.98 Å².